The van der Waals surface area contributed by atoms with Gasteiger partial charge in [0.2, 0.25) is 16.0 Å². The molecule has 2 aliphatic rings. The lowest BCUT2D eigenvalue weighted by molar-refractivity contribution is -0.186. The second-order valence-electron chi connectivity index (χ2n) is 11.3. The zero-order chi connectivity index (χ0) is 30.1. The summed E-state index contributed by atoms with van der Waals surface area (Å²) in [5.74, 6) is 0.131. The maximum atomic E-state index is 13.0. The zero-order valence-corrected chi connectivity index (χ0v) is 24.4. The van der Waals surface area contributed by atoms with Crippen LogP contribution in [0.1, 0.15) is 36.8 Å². The van der Waals surface area contributed by atoms with Gasteiger partial charge >= 0.3 is 12.1 Å². The van der Waals surface area contributed by atoms with E-state index < -0.39 is 22.1 Å². The Hall–Kier alpha value is -3.45. The van der Waals surface area contributed by atoms with E-state index in [1.165, 1.54) is 12.1 Å². The lowest BCUT2D eigenvalue weighted by Crippen LogP contribution is -2.43. The Labute approximate surface area is 243 Å². The first-order chi connectivity index (χ1) is 19.9. The predicted molar refractivity (Wildman–Crippen MR) is 155 cm³/mol. The molecular formula is C29H35F3N6O3S. The molecule has 1 aliphatic heterocycles. The van der Waals surface area contributed by atoms with Crippen LogP contribution in [0.3, 0.4) is 0 Å². The molecular weight excluding hydrogens is 569 g/mol. The number of hydrogen-bond acceptors (Lipinski definition) is 7. The number of anilines is 2. The van der Waals surface area contributed by atoms with Gasteiger partial charge in [0.25, 0.3) is 0 Å². The fourth-order valence-corrected chi connectivity index (χ4v) is 6.89. The minimum absolute atomic E-state index is 0.00655. The van der Waals surface area contributed by atoms with Gasteiger partial charge in [0.15, 0.2) is 0 Å². The molecule has 0 saturated heterocycles. The van der Waals surface area contributed by atoms with Crippen molar-refractivity contribution in [3.05, 3.63) is 53.6 Å². The van der Waals surface area contributed by atoms with E-state index in [9.17, 15) is 26.4 Å². The van der Waals surface area contributed by atoms with Gasteiger partial charge in [-0.1, -0.05) is 18.2 Å². The van der Waals surface area contributed by atoms with Crippen molar-refractivity contribution in [2.45, 2.75) is 49.7 Å². The quantitative estimate of drug-likeness (QED) is 0.394. The molecule has 3 aromatic rings. The third-order valence-corrected chi connectivity index (χ3v) is 9.54. The van der Waals surface area contributed by atoms with Crippen LogP contribution in [0.2, 0.25) is 0 Å². The summed E-state index contributed by atoms with van der Waals surface area (Å²) in [6, 6.07) is 12.4. The molecule has 0 spiro atoms. The molecule has 0 unspecified atom stereocenters. The van der Waals surface area contributed by atoms with Crippen molar-refractivity contribution in [3.63, 3.8) is 0 Å². The molecule has 2 heterocycles. The SMILES string of the molecule is CN(C)c1nc(NCC2CCC(CNS(=O)(=O)c3ccc4c(c3)CN(C(=O)C(F)(F)F)CC4)CC2)nc2ccccc12. The molecule has 1 amide bonds. The molecule has 2 aromatic carbocycles. The number of nitrogens with zero attached hydrogens (tertiary/aromatic N) is 4. The molecule has 1 saturated carbocycles. The van der Waals surface area contributed by atoms with Crippen LogP contribution in [-0.2, 0) is 27.8 Å². The summed E-state index contributed by atoms with van der Waals surface area (Å²) in [7, 11) is 0.0478. The van der Waals surface area contributed by atoms with Crippen LogP contribution >= 0.6 is 0 Å². The number of fused-ring (bicyclic) bond motifs is 2. The Morgan fingerprint density at radius 3 is 2.38 bits per heavy atom. The maximum absolute atomic E-state index is 13.0. The average molecular weight is 605 g/mol. The lowest BCUT2D eigenvalue weighted by Gasteiger charge is -2.30. The largest absolute Gasteiger partial charge is 0.471 e. The zero-order valence-electron chi connectivity index (χ0n) is 23.6. The third-order valence-electron chi connectivity index (χ3n) is 8.11. The summed E-state index contributed by atoms with van der Waals surface area (Å²) in [6.07, 6.45) is -1.10. The smallest absolute Gasteiger partial charge is 0.362 e. The van der Waals surface area contributed by atoms with E-state index in [1.807, 2.05) is 43.3 Å². The highest BCUT2D eigenvalue weighted by atomic mass is 32.2. The van der Waals surface area contributed by atoms with E-state index in [-0.39, 0.29) is 36.9 Å². The minimum Gasteiger partial charge on any atom is -0.362 e. The number of rotatable bonds is 8. The molecule has 13 heteroatoms. The van der Waals surface area contributed by atoms with Gasteiger partial charge in [0.05, 0.1) is 10.4 Å². The minimum atomic E-state index is -4.96. The molecule has 1 aliphatic carbocycles. The number of carbonyl (C=O) groups excluding carboxylic acids is 1. The summed E-state index contributed by atoms with van der Waals surface area (Å²) < 4.78 is 67.4. The topological polar surface area (TPSA) is 108 Å². The molecule has 1 aromatic heterocycles. The van der Waals surface area contributed by atoms with E-state index in [0.29, 0.717) is 22.3 Å². The van der Waals surface area contributed by atoms with Gasteiger partial charge in [-0.3, -0.25) is 4.79 Å². The molecule has 0 bridgehead atoms. The van der Waals surface area contributed by atoms with Crippen molar-refractivity contribution in [3.8, 4) is 0 Å². The second-order valence-corrected chi connectivity index (χ2v) is 13.1. The first-order valence-electron chi connectivity index (χ1n) is 14.1. The summed E-state index contributed by atoms with van der Waals surface area (Å²) in [5, 5.41) is 4.38. The lowest BCUT2D eigenvalue weighted by atomic mass is 9.82. The summed E-state index contributed by atoms with van der Waals surface area (Å²) in [5.41, 5.74) is 2.04. The van der Waals surface area contributed by atoms with E-state index in [1.54, 1.807) is 6.07 Å². The number of nitrogens with one attached hydrogen (secondary N) is 2. The molecule has 0 radical (unpaired) electrons. The maximum Gasteiger partial charge on any atom is 0.471 e. The molecule has 1 fully saturated rings. The number of halogens is 3. The first-order valence-corrected chi connectivity index (χ1v) is 15.5. The third kappa shape index (κ3) is 6.78. The van der Waals surface area contributed by atoms with Crippen LogP contribution in [0.5, 0.6) is 0 Å². The Morgan fingerprint density at radius 2 is 1.69 bits per heavy atom. The molecule has 0 atom stereocenters. The Kier molecular flexibility index (Phi) is 8.61. The van der Waals surface area contributed by atoms with E-state index in [4.69, 9.17) is 4.98 Å². The van der Waals surface area contributed by atoms with Crippen molar-refractivity contribution in [1.29, 1.82) is 0 Å². The number of amides is 1. The standard InChI is InChI=1S/C29H35F3N6O3S/c1-37(2)26-24-5-3-4-6-25(24)35-28(36-26)33-16-19-7-9-20(10-8-19)17-34-42(40,41)23-12-11-21-13-14-38(18-22(21)15-23)27(39)29(30,31)32/h3-6,11-12,15,19-20,34H,7-10,13-14,16-18H2,1-2H3,(H,33,35,36). The Balaban J connectivity index is 1.13. The Morgan fingerprint density at radius 1 is 1.00 bits per heavy atom. The molecule has 9 nitrogen and oxygen atoms in total. The van der Waals surface area contributed by atoms with Gasteiger partial charge < -0.3 is 15.1 Å². The highest BCUT2D eigenvalue weighted by Gasteiger charge is 2.43. The van der Waals surface area contributed by atoms with Gasteiger partial charge in [-0.2, -0.15) is 18.2 Å². The number of para-hydroxylation sites is 1. The first kappa shape index (κ1) is 30.0. The van der Waals surface area contributed by atoms with E-state index in [0.717, 1.165) is 54.5 Å². The Bertz CT molecular complexity index is 1560. The van der Waals surface area contributed by atoms with Crippen molar-refractivity contribution in [2.75, 3.05) is 43.9 Å². The van der Waals surface area contributed by atoms with Gasteiger partial charge in [0.1, 0.15) is 5.82 Å². The van der Waals surface area contributed by atoms with Crippen molar-refractivity contribution in [2.24, 2.45) is 11.8 Å². The number of benzene rings is 2. The fourth-order valence-electron chi connectivity index (χ4n) is 5.72. The van der Waals surface area contributed by atoms with Crippen molar-refractivity contribution in [1.82, 2.24) is 19.6 Å². The number of aromatic nitrogens is 2. The molecule has 42 heavy (non-hydrogen) atoms. The van der Waals surface area contributed by atoms with E-state index >= 15 is 0 Å². The van der Waals surface area contributed by atoms with Crippen LogP contribution in [0, 0.1) is 11.8 Å². The second kappa shape index (κ2) is 12.0. The van der Waals surface area contributed by atoms with Gasteiger partial charge in [0, 0.05) is 45.7 Å². The normalized spacial score (nSPS) is 19.4. The molecule has 2 N–H and O–H groups in total. The summed E-state index contributed by atoms with van der Waals surface area (Å²) >= 11 is 0. The number of hydrogen-bond donors (Lipinski definition) is 2. The van der Waals surface area contributed by atoms with Crippen molar-refractivity contribution < 1.29 is 26.4 Å². The van der Waals surface area contributed by atoms with Gasteiger partial charge in [-0.25, -0.2) is 18.1 Å². The highest BCUT2D eigenvalue weighted by molar-refractivity contribution is 7.89. The number of alkyl halides is 3. The number of sulfonamides is 1. The van der Waals surface area contributed by atoms with Gasteiger partial charge in [-0.15, -0.1) is 0 Å². The molecule has 226 valence electrons. The summed E-state index contributed by atoms with van der Waals surface area (Å²) in [4.78, 5) is 23.7. The molecule has 5 rings (SSSR count). The predicted octanol–water partition coefficient (Wildman–Crippen LogP) is 4.34. The van der Waals surface area contributed by atoms with Crippen molar-refractivity contribution >= 4 is 38.6 Å². The van der Waals surface area contributed by atoms with E-state index in [2.05, 4.69) is 15.0 Å². The average Bonchev–Trinajstić information content (AvgIpc) is 2.97. The fraction of sp³-hybridized carbons (Fsp3) is 0.483. The van der Waals surface area contributed by atoms with Crippen LogP contribution in [0.25, 0.3) is 10.9 Å². The summed E-state index contributed by atoms with van der Waals surface area (Å²) in [6.45, 7) is 0.695. The monoisotopic (exact) mass is 604 g/mol. The highest BCUT2D eigenvalue weighted by Crippen LogP contribution is 2.30. The van der Waals surface area contributed by atoms with Gasteiger partial charge in [-0.05, 0) is 79.3 Å². The van der Waals surface area contributed by atoms with Crippen LogP contribution in [0.15, 0.2) is 47.4 Å². The van der Waals surface area contributed by atoms with Crippen LogP contribution < -0.4 is 14.9 Å². The van der Waals surface area contributed by atoms with Crippen LogP contribution in [-0.4, -0.2) is 69.1 Å². The number of carbonyl (C=O) groups is 1. The van der Waals surface area contributed by atoms with Crippen LogP contribution in [0.4, 0.5) is 24.9 Å².